The molecule has 1 unspecified atom stereocenters. The molecule has 0 saturated heterocycles. The fraction of sp³-hybridized carbons (Fsp3) is 0.240. The molecule has 0 fully saturated rings. The lowest BCUT2D eigenvalue weighted by molar-refractivity contribution is 0.197. The molecule has 0 saturated carbocycles. The second kappa shape index (κ2) is 7.69. The molecule has 4 heteroatoms. The van der Waals surface area contributed by atoms with Crippen LogP contribution in [0.15, 0.2) is 83.9 Å². The van der Waals surface area contributed by atoms with Crippen molar-refractivity contribution in [3.8, 4) is 0 Å². The number of halogens is 1. The van der Waals surface area contributed by atoms with Crippen LogP contribution < -0.4 is 10.4 Å². The van der Waals surface area contributed by atoms with Crippen molar-refractivity contribution in [1.82, 2.24) is 0 Å². The summed E-state index contributed by atoms with van der Waals surface area (Å²) in [6, 6.07) is 25.9. The van der Waals surface area contributed by atoms with E-state index in [2.05, 4.69) is 74.3 Å². The molecule has 0 N–H and O–H groups in total. The third-order valence-electron chi connectivity index (χ3n) is 5.63. The van der Waals surface area contributed by atoms with Gasteiger partial charge in [0.15, 0.2) is 0 Å². The Hall–Kier alpha value is -2.56. The summed E-state index contributed by atoms with van der Waals surface area (Å²) in [5.74, 6) is -0.241. The molecule has 3 aromatic carbocycles. The van der Waals surface area contributed by atoms with Gasteiger partial charge in [0.2, 0.25) is 0 Å². The lowest BCUT2D eigenvalue weighted by atomic mass is 10.0. The fourth-order valence-corrected chi connectivity index (χ4v) is 8.94. The van der Waals surface area contributed by atoms with Crippen molar-refractivity contribution in [2.24, 2.45) is 4.99 Å². The van der Waals surface area contributed by atoms with Gasteiger partial charge in [-0.2, -0.15) is 0 Å². The first-order chi connectivity index (χ1) is 13.9. The zero-order valence-corrected chi connectivity index (χ0v) is 18.1. The van der Waals surface area contributed by atoms with Crippen LogP contribution >= 0.6 is 0 Å². The van der Waals surface area contributed by atoms with Crippen LogP contribution in [0, 0.1) is 5.82 Å². The Bertz CT molecular complexity index is 972. The SMILES string of the molecule is CC(C)(C)[Si](OC1CN=Cc2ccc(F)cc21)(c1ccccc1)c1ccccc1. The van der Waals surface area contributed by atoms with Gasteiger partial charge in [0, 0.05) is 6.21 Å². The van der Waals surface area contributed by atoms with Crippen LogP contribution in [-0.2, 0) is 4.43 Å². The quantitative estimate of drug-likeness (QED) is 0.569. The van der Waals surface area contributed by atoms with Crippen molar-refractivity contribution in [2.45, 2.75) is 31.9 Å². The number of nitrogens with zero attached hydrogens (tertiary/aromatic N) is 1. The number of hydrogen-bond acceptors (Lipinski definition) is 2. The summed E-state index contributed by atoms with van der Waals surface area (Å²) in [4.78, 5) is 4.53. The molecule has 0 spiro atoms. The van der Waals surface area contributed by atoms with Crippen LogP contribution in [0.25, 0.3) is 0 Å². The highest BCUT2D eigenvalue weighted by Gasteiger charge is 2.51. The second-order valence-electron chi connectivity index (χ2n) is 8.54. The molecule has 148 valence electrons. The van der Waals surface area contributed by atoms with Gasteiger partial charge in [-0.25, -0.2) is 4.39 Å². The highest BCUT2D eigenvalue weighted by Crippen LogP contribution is 2.40. The van der Waals surface area contributed by atoms with Crippen LogP contribution in [-0.4, -0.2) is 21.1 Å². The Morgan fingerprint density at radius 2 is 1.48 bits per heavy atom. The molecule has 1 aliphatic heterocycles. The fourth-order valence-electron chi connectivity index (χ4n) is 4.29. The molecule has 0 aliphatic carbocycles. The molecule has 0 radical (unpaired) electrons. The summed E-state index contributed by atoms with van der Waals surface area (Å²) in [6.45, 7) is 7.24. The first-order valence-corrected chi connectivity index (χ1v) is 11.9. The number of hydrogen-bond donors (Lipinski definition) is 0. The van der Waals surface area contributed by atoms with E-state index in [0.29, 0.717) is 6.54 Å². The Morgan fingerprint density at radius 1 is 0.897 bits per heavy atom. The summed E-state index contributed by atoms with van der Waals surface area (Å²) in [5.41, 5.74) is 1.81. The Kier molecular flexibility index (Phi) is 5.24. The molecule has 1 atom stereocenters. The van der Waals surface area contributed by atoms with E-state index in [1.54, 1.807) is 12.1 Å². The molecule has 2 nitrogen and oxygen atoms in total. The molecule has 3 aromatic rings. The van der Waals surface area contributed by atoms with Crippen LogP contribution in [0.4, 0.5) is 4.39 Å². The zero-order valence-electron chi connectivity index (χ0n) is 17.1. The molecule has 0 aromatic heterocycles. The molecule has 0 bridgehead atoms. The summed E-state index contributed by atoms with van der Waals surface area (Å²) in [7, 11) is -2.72. The highest BCUT2D eigenvalue weighted by molar-refractivity contribution is 6.99. The lowest BCUT2D eigenvalue weighted by Crippen LogP contribution is -2.67. The molecule has 29 heavy (non-hydrogen) atoms. The maximum absolute atomic E-state index is 14.1. The number of fused-ring (bicyclic) bond motifs is 1. The summed E-state index contributed by atoms with van der Waals surface area (Å²) in [6.07, 6.45) is 1.54. The summed E-state index contributed by atoms with van der Waals surface area (Å²) in [5, 5.41) is 2.29. The topological polar surface area (TPSA) is 21.6 Å². The van der Waals surface area contributed by atoms with Gasteiger partial charge in [-0.05, 0) is 38.7 Å². The van der Waals surface area contributed by atoms with E-state index < -0.39 is 8.32 Å². The standard InChI is InChI=1S/C25H26FNOSi/c1-25(2,3)29(21-10-6-4-7-11-21,22-12-8-5-9-13-22)28-24-18-27-17-19-14-15-20(26)16-23(19)24/h4-17,24H,18H2,1-3H3. The molecular weight excluding hydrogens is 377 g/mol. The zero-order chi connectivity index (χ0) is 20.5. The smallest absolute Gasteiger partial charge is 0.261 e. The van der Waals surface area contributed by atoms with Gasteiger partial charge in [0.05, 0.1) is 12.6 Å². The minimum atomic E-state index is -2.72. The predicted molar refractivity (Wildman–Crippen MR) is 120 cm³/mol. The van der Waals surface area contributed by atoms with Crippen molar-refractivity contribution in [1.29, 1.82) is 0 Å². The van der Waals surface area contributed by atoms with E-state index in [1.165, 1.54) is 16.4 Å². The van der Waals surface area contributed by atoms with Gasteiger partial charge in [0.1, 0.15) is 5.82 Å². The monoisotopic (exact) mass is 403 g/mol. The molecule has 1 heterocycles. The Balaban J connectivity index is 1.91. The van der Waals surface area contributed by atoms with E-state index in [-0.39, 0.29) is 17.0 Å². The largest absolute Gasteiger partial charge is 0.399 e. The lowest BCUT2D eigenvalue weighted by Gasteiger charge is -2.45. The van der Waals surface area contributed by atoms with Crippen LogP contribution in [0.5, 0.6) is 0 Å². The van der Waals surface area contributed by atoms with E-state index in [1.807, 2.05) is 18.3 Å². The molecule has 0 amide bonds. The van der Waals surface area contributed by atoms with Crippen LogP contribution in [0.3, 0.4) is 0 Å². The van der Waals surface area contributed by atoms with Crippen molar-refractivity contribution in [3.63, 3.8) is 0 Å². The molecule has 1 aliphatic rings. The predicted octanol–water partition coefficient (Wildman–Crippen LogP) is 4.88. The Morgan fingerprint density at radius 3 is 2.03 bits per heavy atom. The normalized spacial score (nSPS) is 16.5. The summed E-state index contributed by atoms with van der Waals surface area (Å²) >= 11 is 0. The van der Waals surface area contributed by atoms with Crippen LogP contribution in [0.1, 0.15) is 38.0 Å². The number of rotatable bonds is 4. The van der Waals surface area contributed by atoms with Gasteiger partial charge in [0.25, 0.3) is 8.32 Å². The third-order valence-corrected chi connectivity index (χ3v) is 10.7. The van der Waals surface area contributed by atoms with Gasteiger partial charge >= 0.3 is 0 Å². The van der Waals surface area contributed by atoms with Crippen molar-refractivity contribution in [3.05, 3.63) is 95.8 Å². The van der Waals surface area contributed by atoms with Crippen molar-refractivity contribution < 1.29 is 8.82 Å². The van der Waals surface area contributed by atoms with Crippen molar-refractivity contribution in [2.75, 3.05) is 6.54 Å². The van der Waals surface area contributed by atoms with E-state index in [4.69, 9.17) is 4.43 Å². The number of benzene rings is 3. The molecular formula is C25H26FNOSi. The van der Waals surface area contributed by atoms with E-state index in [0.717, 1.165) is 11.1 Å². The van der Waals surface area contributed by atoms with Crippen LogP contribution in [0.2, 0.25) is 5.04 Å². The maximum Gasteiger partial charge on any atom is 0.261 e. The third kappa shape index (κ3) is 3.58. The first-order valence-electron chi connectivity index (χ1n) is 10.00. The first kappa shape index (κ1) is 19.7. The highest BCUT2D eigenvalue weighted by atomic mass is 28.4. The average Bonchev–Trinajstić information content (AvgIpc) is 2.72. The van der Waals surface area contributed by atoms with Gasteiger partial charge in [-0.15, -0.1) is 0 Å². The van der Waals surface area contributed by atoms with E-state index >= 15 is 0 Å². The average molecular weight is 404 g/mol. The number of aliphatic imine (C=N–C) groups is 1. The second-order valence-corrected chi connectivity index (χ2v) is 12.8. The maximum atomic E-state index is 14.1. The molecule has 4 rings (SSSR count). The minimum Gasteiger partial charge on any atom is -0.399 e. The Labute approximate surface area is 173 Å². The summed E-state index contributed by atoms with van der Waals surface area (Å²) < 4.78 is 21.2. The van der Waals surface area contributed by atoms with E-state index in [9.17, 15) is 4.39 Å². The van der Waals surface area contributed by atoms with Gasteiger partial charge < -0.3 is 4.43 Å². The van der Waals surface area contributed by atoms with Crippen molar-refractivity contribution >= 4 is 24.9 Å². The minimum absolute atomic E-state index is 0.135. The van der Waals surface area contributed by atoms with Gasteiger partial charge in [-0.1, -0.05) is 87.5 Å². The van der Waals surface area contributed by atoms with Gasteiger partial charge in [-0.3, -0.25) is 4.99 Å².